The van der Waals surface area contributed by atoms with Crippen LogP contribution < -0.4 is 5.32 Å². The number of hydrogen-bond donors (Lipinski definition) is 2. The summed E-state index contributed by atoms with van der Waals surface area (Å²) in [7, 11) is 1.38. The maximum absolute atomic E-state index is 13.6. The van der Waals surface area contributed by atoms with Crippen LogP contribution in [0.2, 0.25) is 0 Å². The van der Waals surface area contributed by atoms with Gasteiger partial charge in [-0.1, -0.05) is 6.08 Å². The Balaban J connectivity index is 2.15. The van der Waals surface area contributed by atoms with Crippen molar-refractivity contribution in [3.8, 4) is 0 Å². The summed E-state index contributed by atoms with van der Waals surface area (Å²) in [6, 6.07) is 0. The van der Waals surface area contributed by atoms with E-state index in [-0.39, 0.29) is 24.6 Å². The lowest BCUT2D eigenvalue weighted by Gasteiger charge is -2.24. The third-order valence-electron chi connectivity index (χ3n) is 3.44. The second-order valence-electron chi connectivity index (χ2n) is 4.43. The Kier molecular flexibility index (Phi) is 3.36. The molecule has 18 heavy (non-hydrogen) atoms. The molecule has 0 aromatic rings. The van der Waals surface area contributed by atoms with Crippen LogP contribution in [0.15, 0.2) is 23.7 Å². The molecule has 0 saturated carbocycles. The number of rotatable bonds is 3. The van der Waals surface area contributed by atoms with Crippen molar-refractivity contribution < 1.29 is 23.8 Å². The molecular weight excluding hydrogens is 241 g/mol. The maximum Gasteiger partial charge on any atom is 0.316 e. The lowest BCUT2D eigenvalue weighted by atomic mass is 9.79. The molecular formula is C12H14FNO4. The molecule has 0 radical (unpaired) electrons. The quantitative estimate of drug-likeness (QED) is 0.733. The lowest BCUT2D eigenvalue weighted by Crippen LogP contribution is -2.31. The highest BCUT2D eigenvalue weighted by molar-refractivity contribution is 5.99. The number of carbonyl (C=O) groups excluding carboxylic acids is 1. The van der Waals surface area contributed by atoms with E-state index in [1.807, 2.05) is 0 Å². The number of hydrogen-bond acceptors (Lipinski definition) is 3. The zero-order valence-electron chi connectivity index (χ0n) is 9.85. The molecule has 1 fully saturated rings. The summed E-state index contributed by atoms with van der Waals surface area (Å²) in [5.41, 5.74) is 0. The van der Waals surface area contributed by atoms with Gasteiger partial charge in [0.25, 0.3) is 0 Å². The van der Waals surface area contributed by atoms with Crippen molar-refractivity contribution >= 4 is 11.9 Å². The van der Waals surface area contributed by atoms with Crippen LogP contribution in [0.3, 0.4) is 0 Å². The number of nitrogens with one attached hydrogen (secondary N) is 1. The first-order chi connectivity index (χ1) is 8.54. The van der Waals surface area contributed by atoms with Gasteiger partial charge < -0.3 is 15.2 Å². The first-order valence-corrected chi connectivity index (χ1v) is 5.66. The molecule has 5 nitrogen and oxygen atoms in total. The van der Waals surface area contributed by atoms with E-state index in [4.69, 9.17) is 9.84 Å². The monoisotopic (exact) mass is 255 g/mol. The molecule has 2 N–H and O–H groups in total. The third-order valence-corrected chi connectivity index (χ3v) is 3.44. The fraction of sp³-hybridized carbons (Fsp3) is 0.500. The molecule has 3 atom stereocenters. The first kappa shape index (κ1) is 12.6. The van der Waals surface area contributed by atoms with Gasteiger partial charge in [0.2, 0.25) is 5.91 Å². The largest absolute Gasteiger partial charge is 0.494 e. The predicted octanol–water partition coefficient (Wildman–Crippen LogP) is 0.837. The van der Waals surface area contributed by atoms with Crippen LogP contribution in [0.5, 0.6) is 0 Å². The first-order valence-electron chi connectivity index (χ1n) is 5.66. The van der Waals surface area contributed by atoms with Crippen molar-refractivity contribution in [3.05, 3.63) is 23.7 Å². The van der Waals surface area contributed by atoms with Gasteiger partial charge in [-0.25, -0.2) is 4.39 Å². The minimum absolute atomic E-state index is 0.0725. The van der Waals surface area contributed by atoms with Crippen LogP contribution in [-0.4, -0.2) is 30.6 Å². The van der Waals surface area contributed by atoms with Gasteiger partial charge in [0.05, 0.1) is 7.11 Å². The average Bonchev–Trinajstić information content (AvgIpc) is 2.71. The number of aliphatic carboxylic acids is 1. The topological polar surface area (TPSA) is 75.6 Å². The number of amides is 1. The van der Waals surface area contributed by atoms with E-state index in [2.05, 4.69) is 5.32 Å². The average molecular weight is 255 g/mol. The van der Waals surface area contributed by atoms with Crippen LogP contribution in [0.4, 0.5) is 4.39 Å². The number of carboxylic acids is 1. The smallest absolute Gasteiger partial charge is 0.316 e. The minimum Gasteiger partial charge on any atom is -0.494 e. The molecule has 1 unspecified atom stereocenters. The standard InChI is InChI=1S/C12H14FNO4/c1-18-9-3-2-6(4-8(9)13)7-5-14-11(15)10(7)12(16)17/h2-3,6-7,10H,4-5H2,1H3,(H,14,15)(H,16,17)/t6?,7-,10-/m0/s1. The summed E-state index contributed by atoms with van der Waals surface area (Å²) in [4.78, 5) is 22.5. The van der Waals surface area contributed by atoms with E-state index in [9.17, 15) is 14.0 Å². The molecule has 0 aromatic heterocycles. The Hall–Kier alpha value is -1.85. The zero-order chi connectivity index (χ0) is 13.3. The number of methoxy groups -OCH3 is 1. The van der Waals surface area contributed by atoms with Gasteiger partial charge >= 0.3 is 5.97 Å². The molecule has 2 rings (SSSR count). The van der Waals surface area contributed by atoms with Crippen molar-refractivity contribution in [1.82, 2.24) is 5.32 Å². The molecule has 1 amide bonds. The molecule has 1 aliphatic carbocycles. The van der Waals surface area contributed by atoms with E-state index in [0.717, 1.165) is 0 Å². The highest BCUT2D eigenvalue weighted by Gasteiger charge is 2.44. The summed E-state index contributed by atoms with van der Waals surface area (Å²) in [6.45, 7) is 0.264. The SMILES string of the molecule is COC1=C(F)CC([C@@H]2CNC(=O)[C@H]2C(=O)O)C=C1. The van der Waals surface area contributed by atoms with Gasteiger partial charge in [-0.3, -0.25) is 9.59 Å². The summed E-state index contributed by atoms with van der Waals surface area (Å²) >= 11 is 0. The molecule has 1 aliphatic heterocycles. The second-order valence-corrected chi connectivity index (χ2v) is 4.43. The Morgan fingerprint density at radius 3 is 2.89 bits per heavy atom. The molecule has 0 spiro atoms. The van der Waals surface area contributed by atoms with Crippen LogP contribution >= 0.6 is 0 Å². The number of carbonyl (C=O) groups is 2. The van der Waals surface area contributed by atoms with E-state index < -0.39 is 29.5 Å². The van der Waals surface area contributed by atoms with Gasteiger partial charge in [-0.15, -0.1) is 0 Å². The molecule has 0 aromatic carbocycles. The third kappa shape index (κ3) is 2.10. The highest BCUT2D eigenvalue weighted by atomic mass is 19.1. The van der Waals surface area contributed by atoms with Crippen molar-refractivity contribution in [2.75, 3.05) is 13.7 Å². The Morgan fingerprint density at radius 1 is 1.61 bits per heavy atom. The van der Waals surface area contributed by atoms with E-state index in [1.54, 1.807) is 6.08 Å². The van der Waals surface area contributed by atoms with Crippen molar-refractivity contribution in [2.45, 2.75) is 6.42 Å². The number of halogens is 1. The Bertz CT molecular complexity index is 443. The lowest BCUT2D eigenvalue weighted by molar-refractivity contribution is -0.147. The van der Waals surface area contributed by atoms with Crippen molar-refractivity contribution in [3.63, 3.8) is 0 Å². The van der Waals surface area contributed by atoms with Crippen molar-refractivity contribution in [2.24, 2.45) is 17.8 Å². The molecule has 98 valence electrons. The van der Waals surface area contributed by atoms with E-state index in [1.165, 1.54) is 13.2 Å². The number of allylic oxidation sites excluding steroid dienone is 3. The van der Waals surface area contributed by atoms with E-state index >= 15 is 0 Å². The van der Waals surface area contributed by atoms with Crippen molar-refractivity contribution in [1.29, 1.82) is 0 Å². The zero-order valence-corrected chi connectivity index (χ0v) is 9.85. The highest BCUT2D eigenvalue weighted by Crippen LogP contribution is 2.35. The molecule has 1 saturated heterocycles. The van der Waals surface area contributed by atoms with Crippen LogP contribution in [-0.2, 0) is 14.3 Å². The fourth-order valence-electron chi connectivity index (χ4n) is 2.48. The normalized spacial score (nSPS) is 31.4. The minimum atomic E-state index is -1.16. The second kappa shape index (κ2) is 4.80. The summed E-state index contributed by atoms with van der Waals surface area (Å²) in [5, 5.41) is 11.5. The number of carboxylic acid groups (broad SMARTS) is 1. The van der Waals surface area contributed by atoms with Gasteiger partial charge in [-0.05, 0) is 12.0 Å². The number of ether oxygens (including phenoxy) is 1. The summed E-state index contributed by atoms with van der Waals surface area (Å²) in [5.74, 6) is -3.73. The van der Waals surface area contributed by atoms with Crippen LogP contribution in [0, 0.1) is 17.8 Å². The maximum atomic E-state index is 13.6. The van der Waals surface area contributed by atoms with E-state index in [0.29, 0.717) is 0 Å². The fourth-order valence-corrected chi connectivity index (χ4v) is 2.48. The molecule has 0 bridgehead atoms. The van der Waals surface area contributed by atoms with Gasteiger partial charge in [0.15, 0.2) is 0 Å². The Morgan fingerprint density at radius 2 is 2.33 bits per heavy atom. The van der Waals surface area contributed by atoms with Gasteiger partial charge in [-0.2, -0.15) is 0 Å². The predicted molar refractivity (Wildman–Crippen MR) is 60.0 cm³/mol. The van der Waals surface area contributed by atoms with Crippen LogP contribution in [0.1, 0.15) is 6.42 Å². The molecule has 2 aliphatic rings. The Labute approximate surface area is 103 Å². The molecule has 6 heteroatoms. The van der Waals surface area contributed by atoms with Crippen LogP contribution in [0.25, 0.3) is 0 Å². The van der Waals surface area contributed by atoms with Gasteiger partial charge in [0, 0.05) is 18.9 Å². The van der Waals surface area contributed by atoms with Gasteiger partial charge in [0.1, 0.15) is 17.5 Å². The summed E-state index contributed by atoms with van der Waals surface area (Å²) < 4.78 is 18.5. The summed E-state index contributed by atoms with van der Waals surface area (Å²) in [6.07, 6.45) is 3.27. The molecule has 1 heterocycles.